The van der Waals surface area contributed by atoms with Gasteiger partial charge in [0.15, 0.2) is 0 Å². The molecule has 3 nitrogen and oxygen atoms in total. The third-order valence-corrected chi connectivity index (χ3v) is 4.87. The number of hydrogen-bond donors (Lipinski definition) is 0. The van der Waals surface area contributed by atoms with Crippen molar-refractivity contribution in [2.24, 2.45) is 0 Å². The van der Waals surface area contributed by atoms with Gasteiger partial charge < -0.3 is 9.30 Å². The first-order valence-electron chi connectivity index (χ1n) is 7.14. The Morgan fingerprint density at radius 1 is 1.35 bits per heavy atom. The van der Waals surface area contributed by atoms with Gasteiger partial charge in [0.05, 0.1) is 29.3 Å². The molecule has 0 N–H and O–H groups in total. The molecule has 2 aliphatic heterocycles. The summed E-state index contributed by atoms with van der Waals surface area (Å²) in [5.74, 6) is 1.64. The molecule has 20 heavy (non-hydrogen) atoms. The van der Waals surface area contributed by atoms with Gasteiger partial charge in [0.1, 0.15) is 5.82 Å². The summed E-state index contributed by atoms with van der Waals surface area (Å²) in [6.45, 7) is 0. The first-order valence-corrected chi connectivity index (χ1v) is 8.05. The van der Waals surface area contributed by atoms with Gasteiger partial charge in [-0.05, 0) is 37.5 Å². The molecular formula is C15H16Cl2N2O. The summed E-state index contributed by atoms with van der Waals surface area (Å²) in [6.07, 6.45) is 4.95. The van der Waals surface area contributed by atoms with Gasteiger partial charge in [-0.25, -0.2) is 4.98 Å². The van der Waals surface area contributed by atoms with Crippen molar-refractivity contribution in [2.75, 3.05) is 5.88 Å². The summed E-state index contributed by atoms with van der Waals surface area (Å²) < 4.78 is 8.33. The minimum Gasteiger partial charge on any atom is -0.373 e. The molecule has 2 aliphatic rings. The molecule has 0 spiro atoms. The number of rotatable bonds is 3. The molecule has 1 aromatic carbocycles. The van der Waals surface area contributed by atoms with E-state index in [0.717, 1.165) is 41.1 Å². The average molecular weight is 311 g/mol. The topological polar surface area (TPSA) is 27.1 Å². The summed E-state index contributed by atoms with van der Waals surface area (Å²) in [5, 5.41) is 0.750. The molecule has 2 aromatic rings. The zero-order valence-electron chi connectivity index (χ0n) is 11.1. The predicted octanol–water partition coefficient (Wildman–Crippen LogP) is 3.96. The molecule has 0 aliphatic carbocycles. The highest BCUT2D eigenvalue weighted by atomic mass is 35.5. The molecular weight excluding hydrogens is 295 g/mol. The molecule has 4 rings (SSSR count). The molecule has 0 amide bonds. The number of imidazole rings is 1. The quantitative estimate of drug-likeness (QED) is 0.802. The van der Waals surface area contributed by atoms with Gasteiger partial charge in [-0.15, -0.1) is 11.6 Å². The van der Waals surface area contributed by atoms with E-state index in [1.807, 2.05) is 18.2 Å². The lowest BCUT2D eigenvalue weighted by atomic mass is 9.95. The fourth-order valence-corrected chi connectivity index (χ4v) is 3.97. The van der Waals surface area contributed by atoms with E-state index in [0.29, 0.717) is 24.1 Å². The molecule has 2 fully saturated rings. The molecule has 3 unspecified atom stereocenters. The summed E-state index contributed by atoms with van der Waals surface area (Å²) >= 11 is 12.1. The second-order valence-corrected chi connectivity index (χ2v) is 6.46. The summed E-state index contributed by atoms with van der Waals surface area (Å²) in [7, 11) is 0. The lowest BCUT2D eigenvalue weighted by Crippen LogP contribution is -2.22. The van der Waals surface area contributed by atoms with Crippen LogP contribution in [0, 0.1) is 0 Å². The van der Waals surface area contributed by atoms with Crippen LogP contribution in [0.5, 0.6) is 0 Å². The van der Waals surface area contributed by atoms with Crippen molar-refractivity contribution in [1.82, 2.24) is 9.55 Å². The van der Waals surface area contributed by atoms with E-state index in [-0.39, 0.29) is 0 Å². The van der Waals surface area contributed by atoms with E-state index in [9.17, 15) is 0 Å². The fraction of sp³-hybridized carbons (Fsp3) is 0.533. The summed E-state index contributed by atoms with van der Waals surface area (Å²) in [5.41, 5.74) is 2.11. The fourth-order valence-electron chi connectivity index (χ4n) is 3.63. The Hall–Kier alpha value is -0.770. The largest absolute Gasteiger partial charge is 0.373 e. The third-order valence-electron chi connectivity index (χ3n) is 4.45. The number of alkyl halides is 1. The molecule has 106 valence electrons. The SMILES string of the molecule is ClCCc1nc2ccc(Cl)cc2n1C1CC2CCC1O2. The standard InChI is InChI=1S/C15H16Cl2N2O/c16-6-5-15-18-11-3-1-9(17)7-12(11)19(15)13-8-10-2-4-14(13)20-10/h1,3,7,10,13-14H,2,4-6,8H2. The lowest BCUT2D eigenvalue weighted by Gasteiger charge is -2.23. The second-order valence-electron chi connectivity index (χ2n) is 5.65. The lowest BCUT2D eigenvalue weighted by molar-refractivity contribution is 0.0940. The molecule has 0 radical (unpaired) electrons. The Balaban J connectivity index is 1.86. The van der Waals surface area contributed by atoms with Crippen molar-refractivity contribution < 1.29 is 4.74 Å². The van der Waals surface area contributed by atoms with Crippen LogP contribution in [0.15, 0.2) is 18.2 Å². The van der Waals surface area contributed by atoms with Crippen molar-refractivity contribution in [1.29, 1.82) is 0 Å². The first kappa shape index (κ1) is 12.9. The van der Waals surface area contributed by atoms with E-state index in [1.54, 1.807) is 0 Å². The van der Waals surface area contributed by atoms with Crippen LogP contribution in [-0.2, 0) is 11.2 Å². The van der Waals surface area contributed by atoms with E-state index in [4.69, 9.17) is 32.9 Å². The number of hydrogen-bond acceptors (Lipinski definition) is 2. The van der Waals surface area contributed by atoms with Crippen LogP contribution < -0.4 is 0 Å². The van der Waals surface area contributed by atoms with Crippen molar-refractivity contribution in [3.05, 3.63) is 29.0 Å². The minimum atomic E-state index is 0.324. The second kappa shape index (κ2) is 4.90. The van der Waals surface area contributed by atoms with Crippen LogP contribution in [0.25, 0.3) is 11.0 Å². The number of ether oxygens (including phenoxy) is 1. The highest BCUT2D eigenvalue weighted by Gasteiger charge is 2.42. The monoisotopic (exact) mass is 310 g/mol. The van der Waals surface area contributed by atoms with E-state index < -0.39 is 0 Å². The molecule has 2 saturated heterocycles. The Morgan fingerprint density at radius 3 is 2.95 bits per heavy atom. The van der Waals surface area contributed by atoms with Gasteiger partial charge in [-0.2, -0.15) is 0 Å². The highest BCUT2D eigenvalue weighted by molar-refractivity contribution is 6.31. The van der Waals surface area contributed by atoms with E-state index in [2.05, 4.69) is 4.57 Å². The zero-order valence-corrected chi connectivity index (χ0v) is 12.6. The van der Waals surface area contributed by atoms with Gasteiger partial charge in [-0.3, -0.25) is 0 Å². The minimum absolute atomic E-state index is 0.324. The maximum absolute atomic E-state index is 6.16. The van der Waals surface area contributed by atoms with Crippen molar-refractivity contribution >= 4 is 34.2 Å². The smallest absolute Gasteiger partial charge is 0.111 e. The predicted molar refractivity (Wildman–Crippen MR) is 80.7 cm³/mol. The van der Waals surface area contributed by atoms with Crippen LogP contribution in [0.1, 0.15) is 31.1 Å². The molecule has 2 bridgehead atoms. The van der Waals surface area contributed by atoms with Gasteiger partial charge in [-0.1, -0.05) is 11.6 Å². The number of aromatic nitrogens is 2. The number of nitrogens with zero attached hydrogens (tertiary/aromatic N) is 2. The van der Waals surface area contributed by atoms with Crippen molar-refractivity contribution in [3.63, 3.8) is 0 Å². The first-order chi connectivity index (χ1) is 9.76. The average Bonchev–Trinajstić information content (AvgIpc) is 3.11. The Morgan fingerprint density at radius 2 is 2.25 bits per heavy atom. The Labute approximate surface area is 127 Å². The van der Waals surface area contributed by atoms with Crippen molar-refractivity contribution in [3.8, 4) is 0 Å². The van der Waals surface area contributed by atoms with Gasteiger partial charge >= 0.3 is 0 Å². The molecule has 3 heterocycles. The van der Waals surface area contributed by atoms with Gasteiger partial charge in [0, 0.05) is 17.3 Å². The Bertz CT molecular complexity index is 655. The number of aryl methyl sites for hydroxylation is 1. The zero-order chi connectivity index (χ0) is 13.7. The van der Waals surface area contributed by atoms with Crippen molar-refractivity contribution in [2.45, 2.75) is 43.9 Å². The van der Waals surface area contributed by atoms with Crippen LogP contribution in [0.2, 0.25) is 5.02 Å². The van der Waals surface area contributed by atoms with Gasteiger partial charge in [0.2, 0.25) is 0 Å². The molecule has 1 aromatic heterocycles. The Kier molecular flexibility index (Phi) is 3.17. The van der Waals surface area contributed by atoms with Crippen LogP contribution in [0.3, 0.4) is 0 Å². The molecule has 3 atom stereocenters. The molecule has 5 heteroatoms. The summed E-state index contributed by atoms with van der Waals surface area (Å²) in [4.78, 5) is 4.74. The number of benzene rings is 1. The third kappa shape index (κ3) is 1.95. The maximum Gasteiger partial charge on any atom is 0.111 e. The van der Waals surface area contributed by atoms with E-state index >= 15 is 0 Å². The van der Waals surface area contributed by atoms with Gasteiger partial charge in [0.25, 0.3) is 0 Å². The van der Waals surface area contributed by atoms with Crippen LogP contribution in [-0.4, -0.2) is 27.6 Å². The summed E-state index contributed by atoms with van der Waals surface area (Å²) in [6, 6.07) is 6.27. The van der Waals surface area contributed by atoms with Crippen LogP contribution in [0.4, 0.5) is 0 Å². The number of halogens is 2. The van der Waals surface area contributed by atoms with Crippen LogP contribution >= 0.6 is 23.2 Å². The normalized spacial score (nSPS) is 28.6. The molecule has 0 saturated carbocycles. The maximum atomic E-state index is 6.16. The van der Waals surface area contributed by atoms with E-state index in [1.165, 1.54) is 6.42 Å². The highest BCUT2D eigenvalue weighted by Crippen LogP contribution is 2.43. The number of fused-ring (bicyclic) bond motifs is 3.